The molecule has 0 amide bonds. The maximum absolute atomic E-state index is 13.0. The Labute approximate surface area is 211 Å². The summed E-state index contributed by atoms with van der Waals surface area (Å²) in [5, 5.41) is 0.412. The van der Waals surface area contributed by atoms with Crippen molar-refractivity contribution in [2.75, 3.05) is 20.3 Å². The van der Waals surface area contributed by atoms with E-state index >= 15 is 0 Å². The first kappa shape index (κ1) is 23.2. The highest BCUT2D eigenvalue weighted by molar-refractivity contribution is 7.15. The van der Waals surface area contributed by atoms with Gasteiger partial charge in [-0.25, -0.2) is 9.38 Å². The fourth-order valence-corrected chi connectivity index (χ4v) is 5.12. The van der Waals surface area contributed by atoms with E-state index in [9.17, 15) is 4.79 Å². The third kappa shape index (κ3) is 4.70. The summed E-state index contributed by atoms with van der Waals surface area (Å²) in [6.45, 7) is 2.96. The minimum atomic E-state index is -0.109. The number of para-hydroxylation sites is 3. The van der Waals surface area contributed by atoms with Gasteiger partial charge in [0.25, 0.3) is 5.56 Å². The van der Waals surface area contributed by atoms with Crippen LogP contribution in [0.1, 0.15) is 17.5 Å². The first-order valence-electron chi connectivity index (χ1n) is 11.2. The number of methoxy groups -OCH3 is 1. The van der Waals surface area contributed by atoms with Crippen molar-refractivity contribution in [3.05, 3.63) is 91.7 Å². The van der Waals surface area contributed by atoms with Gasteiger partial charge in [0.15, 0.2) is 16.5 Å². The Bertz CT molecular complexity index is 1630. The van der Waals surface area contributed by atoms with E-state index in [1.54, 1.807) is 23.7 Å². The number of rotatable bonds is 8. The Balaban J connectivity index is 1.33. The standard InChI is InChI=1S/C27H23ClN2O4S/c1-17-8-3-6-11-22(17)33-12-7-13-34-25-19(28)14-18(15-23(25)32-2)16-24-26(31)30-21-10-5-4-9-20(21)29-27(30)35-24/h3-6,8-11,14-16H,7,12-13H2,1-2H3/b24-16-. The van der Waals surface area contributed by atoms with Gasteiger partial charge in [-0.2, -0.15) is 0 Å². The van der Waals surface area contributed by atoms with Gasteiger partial charge >= 0.3 is 0 Å². The molecule has 8 heteroatoms. The highest BCUT2D eigenvalue weighted by atomic mass is 35.5. The van der Waals surface area contributed by atoms with E-state index in [1.165, 1.54) is 11.3 Å². The Hall–Kier alpha value is -3.55. The molecule has 2 aromatic heterocycles. The zero-order chi connectivity index (χ0) is 24.4. The molecule has 0 spiro atoms. The Morgan fingerprint density at radius 1 is 1.03 bits per heavy atom. The van der Waals surface area contributed by atoms with E-state index in [0.29, 0.717) is 45.6 Å². The second-order valence-corrected chi connectivity index (χ2v) is 9.40. The Morgan fingerprint density at radius 3 is 2.63 bits per heavy atom. The van der Waals surface area contributed by atoms with Crippen LogP contribution in [0.4, 0.5) is 0 Å². The molecule has 0 atom stereocenters. The van der Waals surface area contributed by atoms with Crippen molar-refractivity contribution in [2.24, 2.45) is 0 Å². The van der Waals surface area contributed by atoms with Crippen molar-refractivity contribution in [3.63, 3.8) is 0 Å². The Kier molecular flexibility index (Phi) is 6.61. The lowest BCUT2D eigenvalue weighted by atomic mass is 10.2. The minimum absolute atomic E-state index is 0.109. The van der Waals surface area contributed by atoms with Crippen LogP contribution in [0.5, 0.6) is 17.2 Å². The van der Waals surface area contributed by atoms with Crippen LogP contribution in [0.3, 0.4) is 0 Å². The first-order chi connectivity index (χ1) is 17.0. The smallest absolute Gasteiger partial charge is 0.274 e. The summed E-state index contributed by atoms with van der Waals surface area (Å²) in [7, 11) is 1.56. The molecule has 178 valence electrons. The number of benzene rings is 3. The van der Waals surface area contributed by atoms with Gasteiger partial charge in [0.2, 0.25) is 0 Å². The van der Waals surface area contributed by atoms with E-state index in [2.05, 4.69) is 4.98 Å². The lowest BCUT2D eigenvalue weighted by Gasteiger charge is -2.14. The first-order valence-corrected chi connectivity index (χ1v) is 12.3. The number of thiazole rings is 1. The summed E-state index contributed by atoms with van der Waals surface area (Å²) in [6.07, 6.45) is 2.48. The lowest BCUT2D eigenvalue weighted by molar-refractivity contribution is 0.240. The number of aromatic nitrogens is 2. The molecular weight excluding hydrogens is 484 g/mol. The van der Waals surface area contributed by atoms with Gasteiger partial charge in [-0.15, -0.1) is 0 Å². The molecule has 0 saturated carbocycles. The monoisotopic (exact) mass is 506 g/mol. The predicted molar refractivity (Wildman–Crippen MR) is 140 cm³/mol. The zero-order valence-electron chi connectivity index (χ0n) is 19.3. The fourth-order valence-electron chi connectivity index (χ4n) is 3.86. The number of ether oxygens (including phenoxy) is 3. The molecule has 0 aliphatic heterocycles. The van der Waals surface area contributed by atoms with Gasteiger partial charge < -0.3 is 14.2 Å². The van der Waals surface area contributed by atoms with Gasteiger partial charge in [-0.05, 0) is 54.5 Å². The maximum Gasteiger partial charge on any atom is 0.274 e. The Morgan fingerprint density at radius 2 is 1.80 bits per heavy atom. The normalized spacial score (nSPS) is 11.9. The van der Waals surface area contributed by atoms with Crippen LogP contribution in [0.2, 0.25) is 5.02 Å². The van der Waals surface area contributed by atoms with E-state index < -0.39 is 0 Å². The van der Waals surface area contributed by atoms with Gasteiger partial charge in [0, 0.05) is 6.42 Å². The minimum Gasteiger partial charge on any atom is -0.493 e. The van der Waals surface area contributed by atoms with E-state index in [-0.39, 0.29) is 5.56 Å². The summed E-state index contributed by atoms with van der Waals surface area (Å²) in [4.78, 5) is 18.3. The molecule has 5 rings (SSSR count). The summed E-state index contributed by atoms with van der Waals surface area (Å²) >= 11 is 7.88. The largest absolute Gasteiger partial charge is 0.493 e. The average molecular weight is 507 g/mol. The van der Waals surface area contributed by atoms with Crippen LogP contribution in [0.15, 0.2) is 65.5 Å². The van der Waals surface area contributed by atoms with E-state index in [4.69, 9.17) is 25.8 Å². The van der Waals surface area contributed by atoms with Crippen molar-refractivity contribution in [2.45, 2.75) is 13.3 Å². The van der Waals surface area contributed by atoms with Crippen molar-refractivity contribution >= 4 is 45.0 Å². The topological polar surface area (TPSA) is 62.1 Å². The molecule has 0 N–H and O–H groups in total. The van der Waals surface area contributed by atoms with Gasteiger partial charge in [0.1, 0.15) is 5.75 Å². The molecule has 0 aliphatic carbocycles. The number of hydrogen-bond donors (Lipinski definition) is 0. The van der Waals surface area contributed by atoms with Crippen LogP contribution in [-0.2, 0) is 0 Å². The fraction of sp³-hybridized carbons (Fsp3) is 0.185. The highest BCUT2D eigenvalue weighted by Crippen LogP contribution is 2.36. The highest BCUT2D eigenvalue weighted by Gasteiger charge is 2.14. The predicted octanol–water partition coefficient (Wildman–Crippen LogP) is 5.28. The van der Waals surface area contributed by atoms with Crippen molar-refractivity contribution in [3.8, 4) is 17.2 Å². The average Bonchev–Trinajstić information content (AvgIpc) is 3.36. The van der Waals surface area contributed by atoms with E-state index in [0.717, 1.165) is 27.9 Å². The van der Waals surface area contributed by atoms with Crippen molar-refractivity contribution in [1.29, 1.82) is 0 Å². The lowest BCUT2D eigenvalue weighted by Crippen LogP contribution is -2.22. The molecule has 6 nitrogen and oxygen atoms in total. The van der Waals surface area contributed by atoms with Crippen LogP contribution in [-0.4, -0.2) is 29.7 Å². The molecular formula is C27H23ClN2O4S. The summed E-state index contributed by atoms with van der Waals surface area (Å²) in [5.41, 5.74) is 3.33. The zero-order valence-corrected chi connectivity index (χ0v) is 20.9. The molecule has 3 aromatic carbocycles. The van der Waals surface area contributed by atoms with E-state index in [1.807, 2.05) is 61.5 Å². The summed E-state index contributed by atoms with van der Waals surface area (Å²) in [6, 6.07) is 19.1. The molecule has 0 fully saturated rings. The molecule has 35 heavy (non-hydrogen) atoms. The number of fused-ring (bicyclic) bond motifs is 3. The van der Waals surface area contributed by atoms with Crippen LogP contribution in [0.25, 0.3) is 22.1 Å². The van der Waals surface area contributed by atoms with Crippen molar-refractivity contribution < 1.29 is 14.2 Å². The number of aryl methyl sites for hydroxylation is 1. The van der Waals surface area contributed by atoms with Gasteiger partial charge in [-0.3, -0.25) is 4.79 Å². The van der Waals surface area contributed by atoms with Crippen molar-refractivity contribution in [1.82, 2.24) is 9.38 Å². The number of nitrogens with zero attached hydrogens (tertiary/aromatic N) is 2. The maximum atomic E-state index is 13.0. The number of halogens is 1. The molecule has 5 aromatic rings. The second-order valence-electron chi connectivity index (χ2n) is 7.98. The summed E-state index contributed by atoms with van der Waals surface area (Å²) < 4.78 is 19.5. The number of imidazole rings is 1. The number of hydrogen-bond acceptors (Lipinski definition) is 6. The molecule has 2 heterocycles. The second kappa shape index (κ2) is 9.98. The quantitative estimate of drug-likeness (QED) is 0.268. The van der Waals surface area contributed by atoms with Gasteiger partial charge in [0.05, 0.1) is 40.9 Å². The molecule has 0 saturated heterocycles. The van der Waals surface area contributed by atoms with Crippen LogP contribution < -0.4 is 24.3 Å². The molecule has 0 unspecified atom stereocenters. The summed E-state index contributed by atoms with van der Waals surface area (Å²) in [5.74, 6) is 1.84. The third-order valence-corrected chi connectivity index (χ3v) is 6.83. The third-order valence-electron chi connectivity index (χ3n) is 5.58. The SMILES string of the molecule is COc1cc(/C=c2\sc3nc4ccccc4n3c2=O)cc(Cl)c1OCCCOc1ccccc1C. The van der Waals surface area contributed by atoms with Crippen LogP contribution in [0, 0.1) is 6.92 Å². The van der Waals surface area contributed by atoms with Crippen LogP contribution >= 0.6 is 22.9 Å². The molecule has 0 radical (unpaired) electrons. The molecule has 0 bridgehead atoms. The van der Waals surface area contributed by atoms with Gasteiger partial charge in [-0.1, -0.05) is 53.3 Å². The molecule has 0 aliphatic rings.